The van der Waals surface area contributed by atoms with Gasteiger partial charge >= 0.3 is 0 Å². The molecule has 1 unspecified atom stereocenters. The Kier molecular flexibility index (Phi) is 4.07. The molecule has 1 aliphatic rings. The lowest BCUT2D eigenvalue weighted by Gasteiger charge is -2.28. The van der Waals surface area contributed by atoms with E-state index in [-0.39, 0.29) is 11.6 Å². The smallest absolute Gasteiger partial charge is 0.130 e. The molecule has 1 heterocycles. The minimum absolute atomic E-state index is 0.180. The summed E-state index contributed by atoms with van der Waals surface area (Å²) in [5.74, 6) is -0.925. The first-order valence-electron chi connectivity index (χ1n) is 6.12. The van der Waals surface area contributed by atoms with Crippen molar-refractivity contribution < 1.29 is 8.78 Å². The topological polar surface area (TPSA) is 29.3 Å². The molecule has 1 atom stereocenters. The zero-order valence-electron chi connectivity index (χ0n) is 9.83. The predicted molar refractivity (Wildman–Crippen MR) is 63.6 cm³/mol. The highest BCUT2D eigenvalue weighted by molar-refractivity contribution is 5.23. The van der Waals surface area contributed by atoms with Gasteiger partial charge in [0, 0.05) is 11.6 Å². The third-order valence-electron chi connectivity index (χ3n) is 3.35. The second-order valence-corrected chi connectivity index (χ2v) is 4.47. The van der Waals surface area contributed by atoms with Crippen molar-refractivity contribution in [2.45, 2.75) is 25.3 Å². The summed E-state index contributed by atoms with van der Waals surface area (Å²) in [4.78, 5) is 2.13. The normalized spacial score (nSPS) is 18.5. The molecule has 0 saturated carbocycles. The van der Waals surface area contributed by atoms with Crippen LogP contribution in [0.3, 0.4) is 0 Å². The van der Waals surface area contributed by atoms with Gasteiger partial charge in [-0.3, -0.25) is 4.90 Å². The van der Waals surface area contributed by atoms with Crippen LogP contribution >= 0.6 is 0 Å². The van der Waals surface area contributed by atoms with Crippen molar-refractivity contribution in [3.8, 4) is 0 Å². The summed E-state index contributed by atoms with van der Waals surface area (Å²) in [6, 6.07) is 3.82. The lowest BCUT2D eigenvalue weighted by atomic mass is 10.0. The van der Waals surface area contributed by atoms with Gasteiger partial charge in [-0.25, -0.2) is 8.78 Å². The third-order valence-corrected chi connectivity index (χ3v) is 3.35. The van der Waals surface area contributed by atoms with Crippen LogP contribution in [0, 0.1) is 11.6 Å². The van der Waals surface area contributed by atoms with Crippen molar-refractivity contribution >= 4 is 0 Å². The average Bonchev–Trinajstić information content (AvgIpc) is 2.80. The maximum Gasteiger partial charge on any atom is 0.130 e. The van der Waals surface area contributed by atoms with Gasteiger partial charge in [-0.05, 0) is 51.0 Å². The van der Waals surface area contributed by atoms with E-state index in [1.807, 2.05) is 0 Å². The van der Waals surface area contributed by atoms with Crippen molar-refractivity contribution in [3.05, 3.63) is 35.4 Å². The standard InChI is InChI=1S/C13H18F2N2/c14-10-4-3-5-11(15)13(10)12(6-7-16)17-8-1-2-9-17/h3-5,12H,1-2,6-9,16H2. The lowest BCUT2D eigenvalue weighted by Crippen LogP contribution is -2.29. The average molecular weight is 240 g/mol. The Bertz CT molecular complexity index is 355. The highest BCUT2D eigenvalue weighted by Crippen LogP contribution is 2.31. The van der Waals surface area contributed by atoms with Crippen LogP contribution in [0.25, 0.3) is 0 Å². The number of likely N-dealkylation sites (tertiary alicyclic amines) is 1. The Balaban J connectivity index is 2.31. The van der Waals surface area contributed by atoms with Gasteiger partial charge in [-0.1, -0.05) is 6.07 Å². The van der Waals surface area contributed by atoms with Gasteiger partial charge in [0.05, 0.1) is 0 Å². The summed E-state index contributed by atoms with van der Waals surface area (Å²) in [5, 5.41) is 0. The van der Waals surface area contributed by atoms with E-state index in [4.69, 9.17) is 5.73 Å². The zero-order chi connectivity index (χ0) is 12.3. The molecule has 1 aromatic rings. The van der Waals surface area contributed by atoms with Crippen molar-refractivity contribution in [1.29, 1.82) is 0 Å². The van der Waals surface area contributed by atoms with Crippen LogP contribution in [0.15, 0.2) is 18.2 Å². The number of hydrogen-bond acceptors (Lipinski definition) is 2. The monoisotopic (exact) mass is 240 g/mol. The number of halogens is 2. The Morgan fingerprint density at radius 1 is 1.18 bits per heavy atom. The summed E-state index contributed by atoms with van der Waals surface area (Å²) < 4.78 is 27.5. The van der Waals surface area contributed by atoms with Crippen LogP contribution in [0.5, 0.6) is 0 Å². The van der Waals surface area contributed by atoms with Crippen LogP contribution in [0.2, 0.25) is 0 Å². The van der Waals surface area contributed by atoms with E-state index in [0.29, 0.717) is 13.0 Å². The van der Waals surface area contributed by atoms with E-state index in [9.17, 15) is 8.78 Å². The van der Waals surface area contributed by atoms with Crippen molar-refractivity contribution in [3.63, 3.8) is 0 Å². The minimum atomic E-state index is -0.463. The van der Waals surface area contributed by atoms with Gasteiger partial charge in [0.25, 0.3) is 0 Å². The first-order chi connectivity index (χ1) is 8.24. The van der Waals surface area contributed by atoms with Crippen molar-refractivity contribution in [1.82, 2.24) is 4.90 Å². The summed E-state index contributed by atoms with van der Waals surface area (Å²) in [6.07, 6.45) is 2.78. The molecule has 0 bridgehead atoms. The molecule has 0 aromatic heterocycles. The SMILES string of the molecule is NCCC(c1c(F)cccc1F)N1CCCC1. The summed E-state index contributed by atoms with van der Waals surface area (Å²) in [7, 11) is 0. The second kappa shape index (κ2) is 5.56. The Hall–Kier alpha value is -1.00. The summed E-state index contributed by atoms with van der Waals surface area (Å²) >= 11 is 0. The van der Waals surface area contributed by atoms with Crippen LogP contribution < -0.4 is 5.73 Å². The van der Waals surface area contributed by atoms with Gasteiger partial charge in [0.15, 0.2) is 0 Å². The number of hydrogen-bond donors (Lipinski definition) is 1. The molecule has 2 nitrogen and oxygen atoms in total. The number of nitrogens with two attached hydrogens (primary N) is 1. The predicted octanol–water partition coefficient (Wildman–Crippen LogP) is 2.45. The van der Waals surface area contributed by atoms with Gasteiger partial charge in [0.2, 0.25) is 0 Å². The molecule has 1 fully saturated rings. The second-order valence-electron chi connectivity index (χ2n) is 4.47. The Labute approximate surface area is 100 Å². The number of rotatable bonds is 4. The molecule has 0 amide bonds. The largest absolute Gasteiger partial charge is 0.330 e. The molecule has 0 spiro atoms. The highest BCUT2D eigenvalue weighted by atomic mass is 19.1. The fourth-order valence-corrected chi connectivity index (χ4v) is 2.55. The third kappa shape index (κ3) is 2.64. The summed E-state index contributed by atoms with van der Waals surface area (Å²) in [6.45, 7) is 2.24. The van der Waals surface area contributed by atoms with Crippen LogP contribution in [-0.2, 0) is 0 Å². The lowest BCUT2D eigenvalue weighted by molar-refractivity contribution is 0.225. The molecule has 2 rings (SSSR count). The molecule has 1 saturated heterocycles. The Morgan fingerprint density at radius 3 is 2.29 bits per heavy atom. The number of nitrogens with zero attached hydrogens (tertiary/aromatic N) is 1. The molecule has 1 aliphatic heterocycles. The summed E-state index contributed by atoms with van der Waals surface area (Å²) in [5.41, 5.74) is 5.74. The quantitative estimate of drug-likeness (QED) is 0.876. The van der Waals surface area contributed by atoms with Crippen molar-refractivity contribution in [2.24, 2.45) is 5.73 Å². The fourth-order valence-electron chi connectivity index (χ4n) is 2.55. The van der Waals surface area contributed by atoms with E-state index in [2.05, 4.69) is 4.90 Å². The molecule has 2 N–H and O–H groups in total. The maximum absolute atomic E-state index is 13.8. The molecule has 1 aromatic carbocycles. The van der Waals surface area contributed by atoms with E-state index in [1.165, 1.54) is 18.2 Å². The van der Waals surface area contributed by atoms with Gasteiger partial charge in [0.1, 0.15) is 11.6 Å². The molecule has 0 radical (unpaired) electrons. The van der Waals surface area contributed by atoms with Gasteiger partial charge < -0.3 is 5.73 Å². The van der Waals surface area contributed by atoms with Crippen LogP contribution in [0.4, 0.5) is 8.78 Å². The molecule has 94 valence electrons. The van der Waals surface area contributed by atoms with E-state index in [0.717, 1.165) is 25.9 Å². The first-order valence-corrected chi connectivity index (χ1v) is 6.12. The first kappa shape index (κ1) is 12.5. The molecular weight excluding hydrogens is 222 g/mol. The van der Waals surface area contributed by atoms with Crippen LogP contribution in [-0.4, -0.2) is 24.5 Å². The molecular formula is C13H18F2N2. The fraction of sp³-hybridized carbons (Fsp3) is 0.538. The maximum atomic E-state index is 13.8. The van der Waals surface area contributed by atoms with E-state index < -0.39 is 11.6 Å². The van der Waals surface area contributed by atoms with Gasteiger partial charge in [-0.15, -0.1) is 0 Å². The zero-order valence-corrected chi connectivity index (χ0v) is 9.83. The van der Waals surface area contributed by atoms with E-state index >= 15 is 0 Å². The molecule has 4 heteroatoms. The van der Waals surface area contributed by atoms with E-state index in [1.54, 1.807) is 0 Å². The molecule has 17 heavy (non-hydrogen) atoms. The minimum Gasteiger partial charge on any atom is -0.330 e. The number of benzene rings is 1. The van der Waals surface area contributed by atoms with Gasteiger partial charge in [-0.2, -0.15) is 0 Å². The highest BCUT2D eigenvalue weighted by Gasteiger charge is 2.27. The van der Waals surface area contributed by atoms with Crippen LogP contribution in [0.1, 0.15) is 30.9 Å². The Morgan fingerprint density at radius 2 is 1.76 bits per heavy atom. The van der Waals surface area contributed by atoms with Crippen molar-refractivity contribution in [2.75, 3.05) is 19.6 Å². The molecule has 0 aliphatic carbocycles.